The summed E-state index contributed by atoms with van der Waals surface area (Å²) in [6, 6.07) is 0. The zero-order chi connectivity index (χ0) is 52.2. The Hall–Kier alpha value is -3.93. The summed E-state index contributed by atoms with van der Waals surface area (Å²) in [5, 5.41) is 0. The van der Waals surface area contributed by atoms with Crippen LogP contribution in [0.5, 0.6) is 0 Å². The number of unbranched alkanes of at least 4 members (excludes halogenated alkanes) is 26. The highest BCUT2D eigenvalue weighted by Gasteiger charge is 2.19. The Balaban J connectivity index is 4.54. The van der Waals surface area contributed by atoms with Crippen molar-refractivity contribution >= 4 is 17.9 Å². The Bertz CT molecular complexity index is 1470. The highest BCUT2D eigenvalue weighted by Crippen LogP contribution is 2.16. The van der Waals surface area contributed by atoms with Gasteiger partial charge in [-0.2, -0.15) is 0 Å². The van der Waals surface area contributed by atoms with Gasteiger partial charge in [0.1, 0.15) is 13.2 Å². The smallest absolute Gasteiger partial charge is 0.306 e. The number of rotatable bonds is 53. The van der Waals surface area contributed by atoms with Crippen LogP contribution in [-0.4, -0.2) is 37.2 Å². The lowest BCUT2D eigenvalue weighted by Crippen LogP contribution is -2.30. The fraction of sp³-hybridized carbons (Fsp3) is 0.682. The van der Waals surface area contributed by atoms with Crippen LogP contribution in [0.4, 0.5) is 0 Å². The summed E-state index contributed by atoms with van der Waals surface area (Å²) in [4.78, 5) is 38.2. The van der Waals surface area contributed by atoms with E-state index < -0.39 is 6.10 Å². The summed E-state index contributed by atoms with van der Waals surface area (Å²) < 4.78 is 16.8. The zero-order valence-electron chi connectivity index (χ0n) is 46.9. The topological polar surface area (TPSA) is 78.9 Å². The van der Waals surface area contributed by atoms with Crippen molar-refractivity contribution in [2.24, 2.45) is 0 Å². The second kappa shape index (κ2) is 59.6. The van der Waals surface area contributed by atoms with E-state index in [9.17, 15) is 14.4 Å². The highest BCUT2D eigenvalue weighted by molar-refractivity contribution is 5.71. The molecule has 6 nitrogen and oxygen atoms in total. The van der Waals surface area contributed by atoms with Crippen molar-refractivity contribution in [1.29, 1.82) is 0 Å². The van der Waals surface area contributed by atoms with Crippen LogP contribution in [-0.2, 0) is 28.6 Å². The van der Waals surface area contributed by atoms with Gasteiger partial charge in [0.15, 0.2) is 6.10 Å². The number of hydrogen-bond donors (Lipinski definition) is 0. The molecule has 72 heavy (non-hydrogen) atoms. The fourth-order valence-corrected chi connectivity index (χ4v) is 8.12. The summed E-state index contributed by atoms with van der Waals surface area (Å²) in [7, 11) is 0. The van der Waals surface area contributed by atoms with Crippen LogP contribution in [0.2, 0.25) is 0 Å². The minimum Gasteiger partial charge on any atom is -0.462 e. The third-order valence-electron chi connectivity index (χ3n) is 12.6. The number of allylic oxidation sites excluding steroid dienone is 18. The van der Waals surface area contributed by atoms with E-state index in [4.69, 9.17) is 14.2 Å². The first kappa shape index (κ1) is 68.1. The van der Waals surface area contributed by atoms with Crippen molar-refractivity contribution < 1.29 is 28.6 Å². The average molecular weight is 1000 g/mol. The standard InChI is InChI=1S/C66H110O6/c1-4-7-10-13-16-19-22-25-28-31-33-36-38-41-44-47-50-53-56-59-65(68)71-62-63(61-70-64(67)58-55-52-49-46-43-40-37-34-30-27-24-21-18-15-12-9-6-3)72-66(69)60-57-54-51-48-45-42-39-35-32-29-26-23-20-17-14-11-8-5-2/h7,10,16,19,23,25-26,28-29,32-33,35-36,39,41,44,50,53,63H,4-6,8-9,11-15,17-18,20-22,24,27,30-31,34,37-38,40,42-43,45-49,51-52,54-62H2,1-3H3/b10-7-,19-16-,26-23-,28-25-,32-29-,36-33-,39-35-,44-41-,53-50-. The van der Waals surface area contributed by atoms with Crippen molar-refractivity contribution in [2.75, 3.05) is 13.2 Å². The van der Waals surface area contributed by atoms with Gasteiger partial charge in [-0.25, -0.2) is 0 Å². The molecule has 0 aliphatic carbocycles. The molecule has 0 aromatic rings. The lowest BCUT2D eigenvalue weighted by Gasteiger charge is -2.18. The van der Waals surface area contributed by atoms with Crippen LogP contribution >= 0.6 is 0 Å². The molecule has 0 bridgehead atoms. The van der Waals surface area contributed by atoms with Crippen LogP contribution < -0.4 is 0 Å². The number of carbonyl (C=O) groups is 3. The minimum atomic E-state index is -0.821. The number of esters is 3. The summed E-state index contributed by atoms with van der Waals surface area (Å²) in [6.45, 7) is 6.45. The number of hydrogen-bond acceptors (Lipinski definition) is 6. The maximum absolute atomic E-state index is 12.9. The van der Waals surface area contributed by atoms with Crippen molar-refractivity contribution in [3.63, 3.8) is 0 Å². The second-order valence-electron chi connectivity index (χ2n) is 19.6. The molecule has 6 heteroatoms. The van der Waals surface area contributed by atoms with E-state index in [0.717, 1.165) is 103 Å². The third kappa shape index (κ3) is 57.0. The van der Waals surface area contributed by atoms with E-state index in [0.29, 0.717) is 12.8 Å². The van der Waals surface area contributed by atoms with Crippen LogP contribution in [0.1, 0.15) is 271 Å². The lowest BCUT2D eigenvalue weighted by atomic mass is 10.0. The van der Waals surface area contributed by atoms with Crippen LogP contribution in [0, 0.1) is 0 Å². The first-order chi connectivity index (χ1) is 35.5. The molecule has 0 radical (unpaired) electrons. The Morgan fingerprint density at radius 3 is 1.01 bits per heavy atom. The van der Waals surface area contributed by atoms with E-state index >= 15 is 0 Å². The summed E-state index contributed by atoms with van der Waals surface area (Å²) in [5.41, 5.74) is 0. The molecule has 0 heterocycles. The molecule has 0 saturated carbocycles. The molecule has 410 valence electrons. The van der Waals surface area contributed by atoms with Crippen LogP contribution in [0.25, 0.3) is 0 Å². The molecule has 0 fully saturated rings. The van der Waals surface area contributed by atoms with Gasteiger partial charge >= 0.3 is 17.9 Å². The molecule has 0 aromatic carbocycles. The van der Waals surface area contributed by atoms with Crippen molar-refractivity contribution in [3.05, 3.63) is 109 Å². The van der Waals surface area contributed by atoms with Gasteiger partial charge in [-0.1, -0.05) is 278 Å². The molecule has 0 aromatic heterocycles. The SMILES string of the molecule is CC/C=C\C/C=C\C/C=C\C/C=C\C/C=C\C/C=C\CCC(=O)OCC(COC(=O)CCCCCCCCCCCCCCCCCCC)OC(=O)CCCCCCC\C=C/C=C\C=C/CCCCCCC. The second-order valence-corrected chi connectivity index (χ2v) is 19.6. The highest BCUT2D eigenvalue weighted by atomic mass is 16.6. The van der Waals surface area contributed by atoms with Gasteiger partial charge in [0.25, 0.3) is 0 Å². The predicted molar refractivity (Wildman–Crippen MR) is 311 cm³/mol. The van der Waals surface area contributed by atoms with Crippen molar-refractivity contribution in [2.45, 2.75) is 277 Å². The lowest BCUT2D eigenvalue weighted by molar-refractivity contribution is -0.166. The Labute approximate surface area is 444 Å². The molecule has 0 rings (SSSR count). The number of ether oxygens (including phenoxy) is 3. The first-order valence-corrected chi connectivity index (χ1v) is 29.9. The Morgan fingerprint density at radius 2 is 0.625 bits per heavy atom. The van der Waals surface area contributed by atoms with E-state index in [1.54, 1.807) is 0 Å². The molecule has 1 unspecified atom stereocenters. The number of carbonyl (C=O) groups excluding carboxylic acids is 3. The first-order valence-electron chi connectivity index (χ1n) is 29.9. The molecule has 1 atom stereocenters. The van der Waals surface area contributed by atoms with E-state index in [2.05, 4.69) is 124 Å². The van der Waals surface area contributed by atoms with Gasteiger partial charge in [-0.3, -0.25) is 14.4 Å². The van der Waals surface area contributed by atoms with E-state index in [-0.39, 0.29) is 44.0 Å². The molecular weight excluding hydrogens is 889 g/mol. The van der Waals surface area contributed by atoms with Gasteiger partial charge < -0.3 is 14.2 Å². The van der Waals surface area contributed by atoms with Crippen molar-refractivity contribution in [1.82, 2.24) is 0 Å². The summed E-state index contributed by atoms with van der Waals surface area (Å²) >= 11 is 0. The molecule has 0 N–H and O–H groups in total. The summed E-state index contributed by atoms with van der Waals surface area (Å²) in [5.74, 6) is -1.01. The summed E-state index contributed by atoms with van der Waals surface area (Å²) in [6.07, 6.45) is 80.9. The maximum atomic E-state index is 12.9. The predicted octanol–water partition coefficient (Wildman–Crippen LogP) is 20.3. The third-order valence-corrected chi connectivity index (χ3v) is 12.6. The average Bonchev–Trinajstić information content (AvgIpc) is 3.38. The molecule has 0 spiro atoms. The molecule has 0 saturated heterocycles. The Kier molecular flexibility index (Phi) is 56.4. The van der Waals surface area contributed by atoms with Gasteiger partial charge in [-0.05, 0) is 83.5 Å². The van der Waals surface area contributed by atoms with Gasteiger partial charge in [0, 0.05) is 19.3 Å². The molecule has 0 amide bonds. The monoisotopic (exact) mass is 999 g/mol. The molecular formula is C66H110O6. The van der Waals surface area contributed by atoms with Gasteiger partial charge in [0.05, 0.1) is 0 Å². The fourth-order valence-electron chi connectivity index (χ4n) is 8.12. The zero-order valence-corrected chi connectivity index (χ0v) is 46.9. The normalized spacial score (nSPS) is 12.9. The minimum absolute atomic E-state index is 0.109. The quantitative estimate of drug-likeness (QED) is 0.0199. The van der Waals surface area contributed by atoms with Gasteiger partial charge in [0.2, 0.25) is 0 Å². The van der Waals surface area contributed by atoms with E-state index in [1.807, 2.05) is 6.08 Å². The largest absolute Gasteiger partial charge is 0.462 e. The van der Waals surface area contributed by atoms with Crippen LogP contribution in [0.15, 0.2) is 109 Å². The van der Waals surface area contributed by atoms with Crippen molar-refractivity contribution in [3.8, 4) is 0 Å². The maximum Gasteiger partial charge on any atom is 0.306 e. The van der Waals surface area contributed by atoms with Gasteiger partial charge in [-0.15, -0.1) is 0 Å². The van der Waals surface area contributed by atoms with Crippen LogP contribution in [0.3, 0.4) is 0 Å². The molecule has 0 aliphatic heterocycles. The Morgan fingerprint density at radius 1 is 0.306 bits per heavy atom. The van der Waals surface area contributed by atoms with E-state index in [1.165, 1.54) is 122 Å². The molecule has 0 aliphatic rings.